The molecule has 0 spiro atoms. The summed E-state index contributed by atoms with van der Waals surface area (Å²) in [5.74, 6) is 0.370. The molecule has 2 heterocycles. The van der Waals surface area contributed by atoms with Crippen molar-refractivity contribution < 1.29 is 13.7 Å². The molecule has 4 rings (SSSR count). The van der Waals surface area contributed by atoms with Crippen LogP contribution in [0.3, 0.4) is 0 Å². The molecule has 1 N–H and O–H groups in total. The fourth-order valence-corrected chi connectivity index (χ4v) is 3.18. The largest absolute Gasteiger partial charge is 0.337 e. The number of aromatic nitrogens is 2. The molecule has 2 aromatic carbocycles. The zero-order valence-electron chi connectivity index (χ0n) is 14.8. The fourth-order valence-electron chi connectivity index (χ4n) is 3.18. The minimum absolute atomic E-state index is 0.270. The summed E-state index contributed by atoms with van der Waals surface area (Å²) >= 11 is 0. The Kier molecular flexibility index (Phi) is 4.72. The summed E-state index contributed by atoms with van der Waals surface area (Å²) in [5, 5.41) is 15.6. The highest BCUT2D eigenvalue weighted by Crippen LogP contribution is 2.32. The summed E-state index contributed by atoms with van der Waals surface area (Å²) < 4.78 is 18.5. The van der Waals surface area contributed by atoms with Gasteiger partial charge in [0.15, 0.2) is 0 Å². The molecule has 2 amide bonds. The lowest BCUT2D eigenvalue weighted by Crippen LogP contribution is -2.34. The number of anilines is 1. The number of benzene rings is 2. The van der Waals surface area contributed by atoms with E-state index in [2.05, 4.69) is 15.5 Å². The summed E-state index contributed by atoms with van der Waals surface area (Å²) in [6.07, 6.45) is 1.53. The second kappa shape index (κ2) is 7.48. The molecule has 1 aliphatic rings. The predicted molar refractivity (Wildman–Crippen MR) is 98.5 cm³/mol. The summed E-state index contributed by atoms with van der Waals surface area (Å²) in [4.78, 5) is 18.7. The topological polar surface area (TPSA) is 95.1 Å². The zero-order valence-corrected chi connectivity index (χ0v) is 14.8. The highest BCUT2D eigenvalue weighted by atomic mass is 19.1. The monoisotopic (exact) mass is 377 g/mol. The number of halogens is 1. The maximum absolute atomic E-state index is 13.1. The molecule has 3 aromatic rings. The van der Waals surface area contributed by atoms with E-state index in [-0.39, 0.29) is 17.9 Å². The average Bonchev–Trinajstić information content (AvgIpc) is 3.38. The van der Waals surface area contributed by atoms with Crippen molar-refractivity contribution in [3.8, 4) is 17.5 Å². The number of amides is 2. The molecule has 1 aliphatic heterocycles. The van der Waals surface area contributed by atoms with Gasteiger partial charge < -0.3 is 14.7 Å². The molecule has 1 fully saturated rings. The molecule has 1 aromatic heterocycles. The van der Waals surface area contributed by atoms with Gasteiger partial charge in [-0.25, -0.2) is 9.18 Å². The van der Waals surface area contributed by atoms with Gasteiger partial charge in [0.05, 0.1) is 11.6 Å². The molecule has 0 saturated carbocycles. The van der Waals surface area contributed by atoms with Crippen LogP contribution in [0.15, 0.2) is 53.1 Å². The molecular weight excluding hydrogens is 361 g/mol. The van der Waals surface area contributed by atoms with Crippen molar-refractivity contribution in [2.45, 2.75) is 18.9 Å². The summed E-state index contributed by atoms with van der Waals surface area (Å²) in [6, 6.07) is 13.9. The number of nitriles is 1. The highest BCUT2D eigenvalue weighted by Gasteiger charge is 2.34. The number of urea groups is 1. The first-order valence-electron chi connectivity index (χ1n) is 8.81. The molecule has 1 saturated heterocycles. The van der Waals surface area contributed by atoms with Crippen LogP contribution in [0.2, 0.25) is 0 Å². The van der Waals surface area contributed by atoms with Crippen molar-refractivity contribution in [1.29, 1.82) is 5.26 Å². The molecule has 8 heteroatoms. The average molecular weight is 377 g/mol. The molecule has 0 radical (unpaired) electrons. The normalized spacial score (nSPS) is 16.0. The van der Waals surface area contributed by atoms with Gasteiger partial charge in [-0.1, -0.05) is 5.16 Å². The van der Waals surface area contributed by atoms with Gasteiger partial charge in [-0.15, -0.1) is 0 Å². The quantitative estimate of drug-likeness (QED) is 0.741. The van der Waals surface area contributed by atoms with Crippen LogP contribution in [0.1, 0.15) is 30.3 Å². The van der Waals surface area contributed by atoms with Gasteiger partial charge in [-0.2, -0.15) is 10.2 Å². The highest BCUT2D eigenvalue weighted by molar-refractivity contribution is 5.89. The van der Waals surface area contributed by atoms with E-state index >= 15 is 0 Å². The van der Waals surface area contributed by atoms with Crippen LogP contribution >= 0.6 is 0 Å². The summed E-state index contributed by atoms with van der Waals surface area (Å²) in [7, 11) is 0. The number of carbonyl (C=O) groups excluding carboxylic acids is 1. The summed E-state index contributed by atoms with van der Waals surface area (Å²) in [6.45, 7) is 0.570. The lowest BCUT2D eigenvalue weighted by molar-refractivity contribution is 0.193. The first-order valence-corrected chi connectivity index (χ1v) is 8.81. The molecule has 140 valence electrons. The van der Waals surface area contributed by atoms with E-state index in [0.29, 0.717) is 41.5 Å². The Morgan fingerprint density at radius 1 is 1.21 bits per heavy atom. The molecule has 28 heavy (non-hydrogen) atoms. The van der Waals surface area contributed by atoms with Crippen molar-refractivity contribution in [2.75, 3.05) is 11.9 Å². The smallest absolute Gasteiger partial charge is 0.322 e. The van der Waals surface area contributed by atoms with Crippen LogP contribution in [0.4, 0.5) is 14.9 Å². The Balaban J connectivity index is 1.49. The van der Waals surface area contributed by atoms with E-state index in [0.717, 1.165) is 6.42 Å². The van der Waals surface area contributed by atoms with E-state index in [1.54, 1.807) is 41.3 Å². The van der Waals surface area contributed by atoms with E-state index < -0.39 is 0 Å². The van der Waals surface area contributed by atoms with Crippen molar-refractivity contribution in [1.82, 2.24) is 15.0 Å². The number of likely N-dealkylation sites (tertiary alicyclic amines) is 1. The van der Waals surface area contributed by atoms with Gasteiger partial charge in [0.1, 0.15) is 11.9 Å². The molecule has 1 atom stereocenters. The van der Waals surface area contributed by atoms with E-state index in [4.69, 9.17) is 9.78 Å². The Labute approximate surface area is 160 Å². The van der Waals surface area contributed by atoms with Crippen LogP contribution in [-0.2, 0) is 0 Å². The van der Waals surface area contributed by atoms with Gasteiger partial charge in [-0.3, -0.25) is 0 Å². The number of nitrogens with one attached hydrogen (secondary N) is 1. The first-order chi connectivity index (χ1) is 13.6. The van der Waals surface area contributed by atoms with E-state index in [9.17, 15) is 9.18 Å². The maximum Gasteiger partial charge on any atom is 0.322 e. The van der Waals surface area contributed by atoms with Crippen LogP contribution in [0, 0.1) is 17.1 Å². The number of carbonyl (C=O) groups is 1. The molecule has 0 bridgehead atoms. The third-order valence-corrected chi connectivity index (χ3v) is 4.61. The fraction of sp³-hybridized carbons (Fsp3) is 0.200. The van der Waals surface area contributed by atoms with Crippen LogP contribution < -0.4 is 5.32 Å². The maximum atomic E-state index is 13.1. The molecule has 0 unspecified atom stereocenters. The number of nitrogens with zero attached hydrogens (tertiary/aromatic N) is 4. The molecular formula is C20H16FN5O2. The number of hydrogen-bond donors (Lipinski definition) is 1. The number of hydrogen-bond acceptors (Lipinski definition) is 5. The van der Waals surface area contributed by atoms with Gasteiger partial charge >= 0.3 is 6.03 Å². The second-order valence-corrected chi connectivity index (χ2v) is 6.43. The van der Waals surface area contributed by atoms with Gasteiger partial charge in [0.2, 0.25) is 11.7 Å². The minimum atomic E-state index is -0.339. The molecule has 7 nitrogen and oxygen atoms in total. The van der Waals surface area contributed by atoms with Crippen LogP contribution in [0.25, 0.3) is 11.4 Å². The number of rotatable bonds is 3. The first kappa shape index (κ1) is 17.7. The summed E-state index contributed by atoms with van der Waals surface area (Å²) in [5.41, 5.74) is 1.77. The van der Waals surface area contributed by atoms with Crippen LogP contribution in [0.5, 0.6) is 0 Å². The third kappa shape index (κ3) is 3.55. The SMILES string of the molecule is N#Cc1ccc(NC(=O)N2CCC[C@H]2c2nc(-c3ccc(F)cc3)no2)cc1. The standard InChI is InChI=1S/C20H16FN5O2/c21-15-7-5-14(6-8-15)18-24-19(28-25-18)17-2-1-11-26(17)20(27)23-16-9-3-13(12-22)4-10-16/h3-10,17H,1-2,11H2,(H,23,27)/t17-/m0/s1. The molecule has 0 aliphatic carbocycles. The Morgan fingerprint density at radius 2 is 1.96 bits per heavy atom. The Morgan fingerprint density at radius 3 is 2.68 bits per heavy atom. The van der Waals surface area contributed by atoms with E-state index in [1.807, 2.05) is 6.07 Å². The van der Waals surface area contributed by atoms with Crippen molar-refractivity contribution in [2.24, 2.45) is 0 Å². The Bertz CT molecular complexity index is 1020. The minimum Gasteiger partial charge on any atom is -0.337 e. The van der Waals surface area contributed by atoms with E-state index in [1.165, 1.54) is 12.1 Å². The second-order valence-electron chi connectivity index (χ2n) is 6.43. The van der Waals surface area contributed by atoms with Gasteiger partial charge in [0, 0.05) is 17.8 Å². The van der Waals surface area contributed by atoms with Crippen LogP contribution in [-0.4, -0.2) is 27.6 Å². The lowest BCUT2D eigenvalue weighted by Gasteiger charge is -2.22. The third-order valence-electron chi connectivity index (χ3n) is 4.61. The van der Waals surface area contributed by atoms with Gasteiger partial charge in [-0.05, 0) is 61.4 Å². The van der Waals surface area contributed by atoms with Crippen molar-refractivity contribution in [3.63, 3.8) is 0 Å². The van der Waals surface area contributed by atoms with Crippen molar-refractivity contribution in [3.05, 3.63) is 65.8 Å². The van der Waals surface area contributed by atoms with Crippen molar-refractivity contribution >= 4 is 11.7 Å². The lowest BCUT2D eigenvalue weighted by atomic mass is 10.2. The van der Waals surface area contributed by atoms with Gasteiger partial charge in [0.25, 0.3) is 0 Å². The Hall–Kier alpha value is -3.73. The zero-order chi connectivity index (χ0) is 19.5. The predicted octanol–water partition coefficient (Wildman–Crippen LogP) is 4.12.